The van der Waals surface area contributed by atoms with E-state index in [4.69, 9.17) is 32.7 Å². The van der Waals surface area contributed by atoms with Crippen molar-refractivity contribution >= 4 is 46.5 Å². The molecule has 0 bridgehead atoms. The lowest BCUT2D eigenvalue weighted by Gasteiger charge is -2.23. The van der Waals surface area contributed by atoms with Crippen LogP contribution in [0.25, 0.3) is 0 Å². The number of carbonyl (C=O) groups is 2. The van der Waals surface area contributed by atoms with Crippen molar-refractivity contribution in [1.29, 1.82) is 0 Å². The molecule has 0 spiro atoms. The van der Waals surface area contributed by atoms with Crippen LogP contribution in [-0.2, 0) is 33.6 Å². The van der Waals surface area contributed by atoms with Crippen molar-refractivity contribution < 1.29 is 19.1 Å². The fraction of sp³-hybridized carbons (Fsp3) is 0.286. The Hall–Kier alpha value is -3.46. The zero-order chi connectivity index (χ0) is 27.7. The van der Waals surface area contributed by atoms with Crippen molar-refractivity contribution in [2.75, 3.05) is 37.6 Å². The minimum Gasteiger partial charge on any atom is -0.495 e. The predicted molar refractivity (Wildman–Crippen MR) is 150 cm³/mol. The van der Waals surface area contributed by atoms with Crippen LogP contribution in [0.4, 0.5) is 11.5 Å². The van der Waals surface area contributed by atoms with Crippen LogP contribution in [0.1, 0.15) is 29.3 Å². The van der Waals surface area contributed by atoms with Crippen molar-refractivity contribution in [2.24, 2.45) is 0 Å². The van der Waals surface area contributed by atoms with Crippen molar-refractivity contribution in [2.45, 2.75) is 26.2 Å². The van der Waals surface area contributed by atoms with Crippen molar-refractivity contribution in [3.8, 4) is 5.75 Å². The van der Waals surface area contributed by atoms with Gasteiger partial charge < -0.3 is 14.8 Å². The Balaban J connectivity index is 1.92. The normalized spacial score (nSPS) is 10.7. The van der Waals surface area contributed by atoms with Crippen LogP contribution in [0.5, 0.6) is 5.75 Å². The Morgan fingerprint density at radius 1 is 1.11 bits per heavy atom. The van der Waals surface area contributed by atoms with Crippen LogP contribution in [0.15, 0.2) is 55.4 Å². The zero-order valence-electron chi connectivity index (χ0n) is 21.6. The third-order valence-corrected chi connectivity index (χ3v) is 6.79. The Bertz CT molecular complexity index is 1290. The lowest BCUT2D eigenvalue weighted by atomic mass is 10.0. The molecule has 0 aliphatic heterocycles. The van der Waals surface area contributed by atoms with Crippen molar-refractivity contribution in [1.82, 2.24) is 9.97 Å². The fourth-order valence-corrected chi connectivity index (χ4v) is 4.58. The molecule has 3 rings (SSSR count). The van der Waals surface area contributed by atoms with Crippen LogP contribution in [-0.4, -0.2) is 49.2 Å². The van der Waals surface area contributed by atoms with E-state index in [1.807, 2.05) is 25.1 Å². The highest BCUT2D eigenvalue weighted by molar-refractivity contribution is 6.37. The molecule has 38 heavy (non-hydrogen) atoms. The molecule has 1 heterocycles. The van der Waals surface area contributed by atoms with E-state index in [1.54, 1.807) is 25.3 Å². The Labute approximate surface area is 232 Å². The second-order valence-electron chi connectivity index (χ2n) is 8.31. The van der Waals surface area contributed by atoms with Gasteiger partial charge in [0.05, 0.1) is 37.4 Å². The van der Waals surface area contributed by atoms with Crippen LogP contribution >= 0.6 is 23.2 Å². The van der Waals surface area contributed by atoms with Gasteiger partial charge in [-0.25, -0.2) is 9.97 Å². The first kappa shape index (κ1) is 29.1. The number of aryl methyl sites for hydroxylation is 1. The van der Waals surface area contributed by atoms with Gasteiger partial charge >= 0.3 is 0 Å². The standard InChI is InChI=1S/C28H30Cl2N4O4/c1-5-18-14-23(38-4)28(30)21(27(18)29)16-26(36)34(11-12-37-3)24-15-20(31-17-32-24)13-19-9-7-8-10-22(19)33-25(35)6-2/h6-10,14-15,17H,2,5,11-13,16H2,1,3-4H3,(H,33,35). The summed E-state index contributed by atoms with van der Waals surface area (Å²) >= 11 is 13.2. The largest absolute Gasteiger partial charge is 0.495 e. The summed E-state index contributed by atoms with van der Waals surface area (Å²) in [4.78, 5) is 35.7. The molecule has 1 N–H and O–H groups in total. The van der Waals surface area contributed by atoms with Gasteiger partial charge in [0.2, 0.25) is 11.8 Å². The van der Waals surface area contributed by atoms with Gasteiger partial charge in [-0.05, 0) is 35.8 Å². The molecule has 0 fully saturated rings. The summed E-state index contributed by atoms with van der Waals surface area (Å²) in [7, 11) is 3.08. The van der Waals surface area contributed by atoms with Crippen LogP contribution in [0, 0.1) is 0 Å². The number of aromatic nitrogens is 2. The minimum absolute atomic E-state index is 0.0542. The number of methoxy groups -OCH3 is 2. The minimum atomic E-state index is -0.307. The molecule has 0 radical (unpaired) electrons. The van der Waals surface area contributed by atoms with E-state index in [0.717, 1.165) is 11.1 Å². The maximum Gasteiger partial charge on any atom is 0.247 e. The average Bonchev–Trinajstić information content (AvgIpc) is 2.92. The van der Waals surface area contributed by atoms with Crippen molar-refractivity contribution in [3.63, 3.8) is 0 Å². The first-order chi connectivity index (χ1) is 18.3. The molecule has 3 aromatic rings. The number of hydrogen-bond donors (Lipinski definition) is 1. The predicted octanol–water partition coefficient (Wildman–Crippen LogP) is 5.29. The van der Waals surface area contributed by atoms with Gasteiger partial charge in [-0.3, -0.25) is 14.5 Å². The SMILES string of the molecule is C=CC(=O)Nc1ccccc1Cc1cc(N(CCOC)C(=O)Cc2c(Cl)c(CC)cc(OC)c2Cl)ncn1. The lowest BCUT2D eigenvalue weighted by molar-refractivity contribution is -0.118. The summed E-state index contributed by atoms with van der Waals surface area (Å²) in [5, 5.41) is 3.55. The third kappa shape index (κ3) is 7.10. The summed E-state index contributed by atoms with van der Waals surface area (Å²) in [5.41, 5.74) is 3.50. The molecule has 10 heteroatoms. The number of nitrogens with one attached hydrogen (secondary N) is 1. The average molecular weight is 557 g/mol. The summed E-state index contributed by atoms with van der Waals surface area (Å²) < 4.78 is 10.6. The molecule has 0 saturated heterocycles. The molecule has 0 saturated carbocycles. The number of hydrogen-bond acceptors (Lipinski definition) is 6. The first-order valence-electron chi connectivity index (χ1n) is 12.0. The van der Waals surface area contributed by atoms with E-state index >= 15 is 0 Å². The molecular weight excluding hydrogens is 527 g/mol. The van der Waals surface area contributed by atoms with E-state index in [9.17, 15) is 9.59 Å². The molecule has 0 aliphatic rings. The highest BCUT2D eigenvalue weighted by Crippen LogP contribution is 2.37. The van der Waals surface area contributed by atoms with Gasteiger partial charge in [-0.15, -0.1) is 0 Å². The van der Waals surface area contributed by atoms with E-state index < -0.39 is 0 Å². The number of anilines is 2. The topological polar surface area (TPSA) is 93.7 Å². The molecule has 8 nitrogen and oxygen atoms in total. The summed E-state index contributed by atoms with van der Waals surface area (Å²) in [5.74, 6) is 0.309. The molecule has 200 valence electrons. The van der Waals surface area contributed by atoms with Gasteiger partial charge in [0.1, 0.15) is 17.9 Å². The zero-order valence-corrected chi connectivity index (χ0v) is 23.1. The van der Waals surface area contributed by atoms with E-state index in [-0.39, 0.29) is 24.8 Å². The maximum absolute atomic E-state index is 13.6. The Morgan fingerprint density at radius 3 is 2.55 bits per heavy atom. The summed E-state index contributed by atoms with van der Waals surface area (Å²) in [6, 6.07) is 10.9. The molecule has 0 atom stereocenters. The van der Waals surface area contributed by atoms with Crippen molar-refractivity contribution in [3.05, 3.63) is 87.8 Å². The molecule has 1 aromatic heterocycles. The number of para-hydroxylation sites is 1. The number of carbonyl (C=O) groups excluding carboxylic acids is 2. The number of amides is 2. The number of nitrogens with zero attached hydrogens (tertiary/aromatic N) is 3. The smallest absolute Gasteiger partial charge is 0.247 e. The summed E-state index contributed by atoms with van der Waals surface area (Å²) in [6.45, 7) is 6.02. The van der Waals surface area contributed by atoms with Gasteiger partial charge in [-0.2, -0.15) is 0 Å². The quantitative estimate of drug-likeness (QED) is 0.304. The number of benzene rings is 2. The molecular formula is C28H30Cl2N4O4. The maximum atomic E-state index is 13.6. The van der Waals surface area contributed by atoms with Gasteiger partial charge in [-0.1, -0.05) is 54.9 Å². The lowest BCUT2D eigenvalue weighted by Crippen LogP contribution is -2.36. The second-order valence-corrected chi connectivity index (χ2v) is 9.06. The van der Waals surface area contributed by atoms with Crippen LogP contribution < -0.4 is 15.0 Å². The monoisotopic (exact) mass is 556 g/mol. The molecule has 0 aliphatic carbocycles. The van der Waals surface area contributed by atoms with E-state index in [0.29, 0.717) is 58.0 Å². The van der Waals surface area contributed by atoms with Crippen LogP contribution in [0.2, 0.25) is 10.0 Å². The Kier molecular flexibility index (Phi) is 10.6. The van der Waals surface area contributed by atoms with Gasteiger partial charge in [0, 0.05) is 35.9 Å². The Morgan fingerprint density at radius 2 is 1.87 bits per heavy atom. The highest BCUT2D eigenvalue weighted by atomic mass is 35.5. The van der Waals surface area contributed by atoms with Gasteiger partial charge in [0.25, 0.3) is 0 Å². The number of halogens is 2. The molecule has 2 amide bonds. The highest BCUT2D eigenvalue weighted by Gasteiger charge is 2.23. The number of ether oxygens (including phenoxy) is 2. The first-order valence-corrected chi connectivity index (χ1v) is 12.7. The van der Waals surface area contributed by atoms with E-state index in [1.165, 1.54) is 24.4 Å². The summed E-state index contributed by atoms with van der Waals surface area (Å²) in [6.07, 6.45) is 3.63. The van der Waals surface area contributed by atoms with E-state index in [2.05, 4.69) is 21.9 Å². The van der Waals surface area contributed by atoms with Gasteiger partial charge in [0.15, 0.2) is 0 Å². The molecule has 0 unspecified atom stereocenters. The third-order valence-electron chi connectivity index (χ3n) is 5.90. The fourth-order valence-electron chi connectivity index (χ4n) is 3.89. The van der Waals surface area contributed by atoms with Crippen LogP contribution in [0.3, 0.4) is 0 Å². The number of rotatable bonds is 12. The second kappa shape index (κ2) is 13.9. The molecule has 2 aromatic carbocycles.